The minimum Gasteiger partial charge on any atom is -0.477 e. The van der Waals surface area contributed by atoms with Gasteiger partial charge < -0.3 is 19.7 Å². The fourth-order valence-electron chi connectivity index (χ4n) is 2.50. The van der Waals surface area contributed by atoms with Crippen molar-refractivity contribution in [2.75, 3.05) is 11.9 Å². The topological polar surface area (TPSA) is 118 Å². The van der Waals surface area contributed by atoms with Crippen molar-refractivity contribution in [2.24, 2.45) is 0 Å². The van der Waals surface area contributed by atoms with E-state index in [1.807, 2.05) is 4.57 Å². The van der Waals surface area contributed by atoms with Gasteiger partial charge in [-0.15, -0.1) is 0 Å². The van der Waals surface area contributed by atoms with Crippen molar-refractivity contribution in [3.63, 3.8) is 0 Å². The second-order valence-corrected chi connectivity index (χ2v) is 8.09. The Morgan fingerprint density at radius 2 is 2.10 bits per heavy atom. The number of nitrogens with zero attached hydrogens (tertiary/aromatic N) is 3. The molecule has 2 aromatic heterocycles. The normalized spacial score (nSPS) is 10.7. The van der Waals surface area contributed by atoms with E-state index in [0.717, 1.165) is 0 Å². The third-order valence-electron chi connectivity index (χ3n) is 4.02. The number of nitrogens with one attached hydrogen (secondary N) is 2. The molecular weight excluding hydrogens is 547 g/mol. The molecule has 2 amide bonds. The standard InChI is InChI=1S/C18H16F2IN5O4S/c19-13-10(2-3-11(21)14(13)20)8-30-15-12(17(27)28)16(31-25-15)24-18(29)23-4-1-6-26-7-5-22-9-26/h2-3,5,7,9H,1,4,6,8H2,(H,27,28)(H2,23,24,29). The first-order valence-corrected chi connectivity index (χ1v) is 10.7. The Kier molecular flexibility index (Phi) is 7.73. The number of carbonyl (C=O) groups is 2. The van der Waals surface area contributed by atoms with Crippen LogP contribution in [0.1, 0.15) is 22.3 Å². The number of benzene rings is 1. The lowest BCUT2D eigenvalue weighted by Crippen LogP contribution is -2.30. The predicted octanol–water partition coefficient (Wildman–Crippen LogP) is 3.71. The zero-order valence-electron chi connectivity index (χ0n) is 15.8. The second kappa shape index (κ2) is 10.5. The summed E-state index contributed by atoms with van der Waals surface area (Å²) < 4.78 is 38.8. The van der Waals surface area contributed by atoms with Crippen molar-refractivity contribution in [3.05, 3.63) is 57.2 Å². The highest BCUT2D eigenvalue weighted by Gasteiger charge is 2.24. The summed E-state index contributed by atoms with van der Waals surface area (Å²) in [6, 6.07) is 2.11. The fraction of sp³-hybridized carbons (Fsp3) is 0.222. The maximum Gasteiger partial charge on any atom is 0.344 e. The van der Waals surface area contributed by atoms with Crippen molar-refractivity contribution in [2.45, 2.75) is 19.6 Å². The summed E-state index contributed by atoms with van der Waals surface area (Å²) in [5.41, 5.74) is -0.461. The molecule has 3 rings (SSSR count). The quantitative estimate of drug-likeness (QED) is 0.208. The van der Waals surface area contributed by atoms with Crippen LogP contribution in [0.3, 0.4) is 0 Å². The zero-order valence-corrected chi connectivity index (χ0v) is 18.7. The summed E-state index contributed by atoms with van der Waals surface area (Å²) in [6.45, 7) is 0.588. The van der Waals surface area contributed by atoms with Crippen molar-refractivity contribution in [1.82, 2.24) is 19.2 Å². The molecule has 1 aromatic carbocycles. The Hall–Kier alpha value is -2.81. The zero-order chi connectivity index (χ0) is 22.4. The molecule has 3 N–H and O–H groups in total. The number of aromatic carboxylic acids is 1. The van der Waals surface area contributed by atoms with Crippen molar-refractivity contribution in [1.29, 1.82) is 0 Å². The van der Waals surface area contributed by atoms with Gasteiger partial charge in [0.2, 0.25) is 5.88 Å². The molecule has 9 nitrogen and oxygen atoms in total. The number of aryl methyl sites for hydroxylation is 1. The molecule has 3 aromatic rings. The lowest BCUT2D eigenvalue weighted by atomic mass is 10.2. The van der Waals surface area contributed by atoms with Crippen LogP contribution in [0.15, 0.2) is 30.9 Å². The molecule has 0 aliphatic carbocycles. The third-order valence-corrected chi connectivity index (χ3v) is 5.60. The van der Waals surface area contributed by atoms with Gasteiger partial charge in [0, 0.05) is 31.0 Å². The van der Waals surface area contributed by atoms with Gasteiger partial charge in [-0.2, -0.15) is 4.37 Å². The first-order chi connectivity index (χ1) is 14.9. The van der Waals surface area contributed by atoms with Gasteiger partial charge in [-0.3, -0.25) is 5.32 Å². The van der Waals surface area contributed by atoms with Gasteiger partial charge in [-0.1, -0.05) is 6.07 Å². The van der Waals surface area contributed by atoms with Gasteiger partial charge in [0.15, 0.2) is 17.2 Å². The molecule has 0 fully saturated rings. The van der Waals surface area contributed by atoms with Crippen LogP contribution in [0.4, 0.5) is 18.6 Å². The Labute approximate surface area is 192 Å². The number of carboxylic acids is 1. The van der Waals surface area contributed by atoms with Crippen molar-refractivity contribution in [3.8, 4) is 5.88 Å². The predicted molar refractivity (Wildman–Crippen MR) is 116 cm³/mol. The van der Waals surface area contributed by atoms with Crippen LogP contribution in [-0.2, 0) is 13.2 Å². The maximum atomic E-state index is 14.0. The molecule has 2 heterocycles. The number of aromatic nitrogens is 3. The first-order valence-electron chi connectivity index (χ1n) is 8.85. The number of carbonyl (C=O) groups excluding carboxylic acids is 1. The lowest BCUT2D eigenvalue weighted by Gasteiger charge is -2.08. The average Bonchev–Trinajstić information content (AvgIpc) is 3.39. The van der Waals surface area contributed by atoms with E-state index in [9.17, 15) is 23.5 Å². The van der Waals surface area contributed by atoms with Crippen LogP contribution < -0.4 is 15.4 Å². The maximum absolute atomic E-state index is 14.0. The Bertz CT molecular complexity index is 1080. The van der Waals surface area contributed by atoms with Gasteiger partial charge in [-0.05, 0) is 46.6 Å². The van der Waals surface area contributed by atoms with Crippen LogP contribution in [0.25, 0.3) is 0 Å². The number of rotatable bonds is 9. The summed E-state index contributed by atoms with van der Waals surface area (Å²) in [4.78, 5) is 27.6. The number of halogens is 3. The van der Waals surface area contributed by atoms with E-state index >= 15 is 0 Å². The summed E-state index contributed by atoms with van der Waals surface area (Å²) in [5, 5.41) is 14.5. The molecule has 31 heavy (non-hydrogen) atoms. The van der Waals surface area contributed by atoms with E-state index in [4.69, 9.17) is 4.74 Å². The highest BCUT2D eigenvalue weighted by molar-refractivity contribution is 14.1. The van der Waals surface area contributed by atoms with E-state index in [-0.39, 0.29) is 25.6 Å². The van der Waals surface area contributed by atoms with E-state index < -0.39 is 30.2 Å². The molecular formula is C18H16F2IN5O4S. The number of urea groups is 1. The van der Waals surface area contributed by atoms with Crippen LogP contribution in [0.5, 0.6) is 5.88 Å². The van der Waals surface area contributed by atoms with Crippen LogP contribution in [0, 0.1) is 15.2 Å². The molecule has 164 valence electrons. The number of hydrogen-bond acceptors (Lipinski definition) is 6. The molecule has 0 unspecified atom stereocenters. The number of hydrogen-bond donors (Lipinski definition) is 3. The van der Waals surface area contributed by atoms with Crippen LogP contribution >= 0.6 is 34.1 Å². The number of anilines is 1. The fourth-order valence-corrected chi connectivity index (χ4v) is 3.64. The van der Waals surface area contributed by atoms with Crippen molar-refractivity contribution < 1.29 is 28.2 Å². The largest absolute Gasteiger partial charge is 0.477 e. The molecule has 0 aliphatic rings. The second-order valence-electron chi connectivity index (χ2n) is 6.16. The Morgan fingerprint density at radius 1 is 1.29 bits per heavy atom. The van der Waals surface area contributed by atoms with Gasteiger partial charge in [0.05, 0.1) is 9.90 Å². The van der Waals surface area contributed by atoms with Crippen LogP contribution in [-0.4, -0.2) is 37.6 Å². The summed E-state index contributed by atoms with van der Waals surface area (Å²) in [7, 11) is 0. The van der Waals surface area contributed by atoms with E-state index in [1.54, 1.807) is 41.3 Å². The molecule has 0 saturated heterocycles. The number of carboxylic acid groups (broad SMARTS) is 1. The Balaban J connectivity index is 1.59. The molecule has 0 saturated carbocycles. The summed E-state index contributed by atoms with van der Waals surface area (Å²) in [6.07, 6.45) is 5.76. The van der Waals surface area contributed by atoms with Gasteiger partial charge in [-0.25, -0.2) is 23.4 Å². The monoisotopic (exact) mass is 563 g/mol. The van der Waals surface area contributed by atoms with E-state index in [1.165, 1.54) is 12.1 Å². The third kappa shape index (κ3) is 5.88. The molecule has 0 spiro atoms. The SMILES string of the molecule is O=C(NCCCn1ccnc1)Nc1snc(OCc2ccc(I)c(F)c2F)c1C(=O)O. The highest BCUT2D eigenvalue weighted by atomic mass is 127. The highest BCUT2D eigenvalue weighted by Crippen LogP contribution is 2.31. The molecule has 0 atom stereocenters. The molecule has 0 aliphatic heterocycles. The van der Waals surface area contributed by atoms with E-state index in [0.29, 0.717) is 31.0 Å². The minimum atomic E-state index is -1.38. The summed E-state index contributed by atoms with van der Waals surface area (Å²) in [5.74, 6) is -3.77. The lowest BCUT2D eigenvalue weighted by molar-refractivity contribution is 0.0693. The van der Waals surface area contributed by atoms with Crippen LogP contribution in [0.2, 0.25) is 0 Å². The van der Waals surface area contributed by atoms with Gasteiger partial charge in [0.25, 0.3) is 0 Å². The number of ether oxygens (including phenoxy) is 1. The minimum absolute atomic E-state index is 0.0381. The van der Waals surface area contributed by atoms with Crippen molar-refractivity contribution >= 4 is 51.1 Å². The molecule has 0 bridgehead atoms. The van der Waals surface area contributed by atoms with E-state index in [2.05, 4.69) is 20.0 Å². The average molecular weight is 563 g/mol. The molecule has 0 radical (unpaired) electrons. The van der Waals surface area contributed by atoms with Gasteiger partial charge in [0.1, 0.15) is 11.6 Å². The smallest absolute Gasteiger partial charge is 0.344 e. The number of amides is 2. The van der Waals surface area contributed by atoms with Gasteiger partial charge >= 0.3 is 12.0 Å². The Morgan fingerprint density at radius 3 is 2.81 bits per heavy atom. The first kappa shape index (κ1) is 22.9. The molecule has 13 heteroatoms. The summed E-state index contributed by atoms with van der Waals surface area (Å²) >= 11 is 2.36. The number of imidazole rings is 1.